The smallest absolute Gasteiger partial charge is 0.255 e. The van der Waals surface area contributed by atoms with Gasteiger partial charge in [0.2, 0.25) is 0 Å². The Kier molecular flexibility index (Phi) is 6.90. The maximum absolute atomic E-state index is 14.9. The highest BCUT2D eigenvalue weighted by Crippen LogP contribution is 2.42. The number of pyridine rings is 1. The van der Waals surface area contributed by atoms with E-state index in [0.717, 1.165) is 11.3 Å². The molecule has 0 aliphatic rings. The number of amides is 1. The monoisotopic (exact) mass is 627 g/mol. The summed E-state index contributed by atoms with van der Waals surface area (Å²) in [5.74, 6) is -0.0257. The van der Waals surface area contributed by atoms with Crippen LogP contribution in [0.25, 0.3) is 61.0 Å². The largest absolute Gasteiger partial charge is 0.455 e. The molecule has 0 radical (unpaired) electrons. The minimum atomic E-state index is -0.389. The Balaban J connectivity index is 1.53. The van der Waals surface area contributed by atoms with Crippen molar-refractivity contribution in [2.24, 2.45) is 0 Å². The number of hydrogen-bond acceptors (Lipinski definition) is 6. The van der Waals surface area contributed by atoms with E-state index in [4.69, 9.17) is 26.0 Å². The Morgan fingerprint density at radius 1 is 1.02 bits per heavy atom. The molecule has 0 unspecified atom stereocenters. The third-order valence-corrected chi connectivity index (χ3v) is 8.78. The Bertz CT molecular complexity index is 2270. The van der Waals surface area contributed by atoms with Crippen molar-refractivity contribution in [3.8, 4) is 22.6 Å². The van der Waals surface area contributed by atoms with Crippen LogP contribution in [-0.4, -0.2) is 40.6 Å². The van der Waals surface area contributed by atoms with Crippen molar-refractivity contribution in [3.05, 3.63) is 95.8 Å². The fraction of sp³-hybridized carbons (Fsp3) is 0.121. The van der Waals surface area contributed by atoms with Crippen molar-refractivity contribution in [1.29, 1.82) is 0 Å². The summed E-state index contributed by atoms with van der Waals surface area (Å²) in [5.41, 5.74) is 6.10. The minimum absolute atomic E-state index is 0.132. The van der Waals surface area contributed by atoms with Gasteiger partial charge in [-0.25, -0.2) is 18.7 Å². The number of halogens is 3. The third kappa shape index (κ3) is 4.36. The molecule has 0 atom stereocenters. The molecule has 0 aliphatic carbocycles. The summed E-state index contributed by atoms with van der Waals surface area (Å²) in [5, 5.41) is 3.73. The van der Waals surface area contributed by atoms with Crippen LogP contribution in [0, 0.1) is 11.6 Å². The number of aromatic nitrogens is 3. The topological polar surface area (TPSA) is 75.7 Å². The van der Waals surface area contributed by atoms with Gasteiger partial charge in [0.15, 0.2) is 0 Å². The van der Waals surface area contributed by atoms with E-state index in [9.17, 15) is 13.6 Å². The lowest BCUT2D eigenvalue weighted by Crippen LogP contribution is -2.18. The molecule has 44 heavy (non-hydrogen) atoms. The van der Waals surface area contributed by atoms with E-state index in [0.29, 0.717) is 66.8 Å². The molecule has 7 aromatic rings. The van der Waals surface area contributed by atoms with Gasteiger partial charge in [0.05, 0.1) is 39.4 Å². The van der Waals surface area contributed by atoms with Gasteiger partial charge in [-0.1, -0.05) is 18.0 Å². The molecule has 0 saturated carbocycles. The number of carbonyl (C=O) groups excluding carboxylic acids is 1. The van der Waals surface area contributed by atoms with Crippen LogP contribution in [0.1, 0.15) is 16.2 Å². The number of nitrogens with zero attached hydrogens (tertiary/aromatic N) is 4. The lowest BCUT2D eigenvalue weighted by atomic mass is 10.0. The van der Waals surface area contributed by atoms with Crippen LogP contribution in [0.5, 0.6) is 0 Å². The maximum Gasteiger partial charge on any atom is 0.255 e. The second-order valence-corrected chi connectivity index (χ2v) is 11.4. The molecular weight excluding hydrogens is 604 g/mol. The molecule has 1 amide bonds. The number of carbonyl (C=O) groups is 1. The van der Waals surface area contributed by atoms with Gasteiger partial charge < -0.3 is 14.0 Å². The highest BCUT2D eigenvalue weighted by atomic mass is 35.5. The van der Waals surface area contributed by atoms with E-state index >= 15 is 0 Å². The summed E-state index contributed by atoms with van der Waals surface area (Å²) < 4.78 is 38.7. The van der Waals surface area contributed by atoms with Crippen LogP contribution >= 0.6 is 23.5 Å². The zero-order chi connectivity index (χ0) is 30.7. The first-order valence-corrected chi connectivity index (χ1v) is 15.4. The third-order valence-electron chi connectivity index (χ3n) is 7.79. The fourth-order valence-electron chi connectivity index (χ4n) is 5.66. The molecule has 0 fully saturated rings. The Hall–Kier alpha value is -4.67. The Labute approximate surface area is 259 Å². The predicted molar refractivity (Wildman–Crippen MR) is 173 cm³/mol. The van der Waals surface area contributed by atoms with Crippen molar-refractivity contribution in [2.75, 3.05) is 24.7 Å². The van der Waals surface area contributed by atoms with Gasteiger partial charge in [0, 0.05) is 48.3 Å². The first-order valence-electron chi connectivity index (χ1n) is 13.6. The van der Waals surface area contributed by atoms with Crippen molar-refractivity contribution >= 4 is 73.6 Å². The van der Waals surface area contributed by atoms with Gasteiger partial charge in [-0.15, -0.1) is 11.6 Å². The van der Waals surface area contributed by atoms with Gasteiger partial charge in [0.1, 0.15) is 34.3 Å². The number of furan rings is 1. The van der Waals surface area contributed by atoms with Gasteiger partial charge in [-0.3, -0.25) is 9.20 Å². The molecule has 220 valence electrons. The molecule has 1 N–H and O–H groups in total. The van der Waals surface area contributed by atoms with E-state index in [1.165, 1.54) is 30.1 Å². The molecule has 7 nitrogen and oxygen atoms in total. The van der Waals surface area contributed by atoms with Gasteiger partial charge in [0.25, 0.3) is 5.91 Å². The number of benzene rings is 3. The van der Waals surface area contributed by atoms with Crippen molar-refractivity contribution in [3.63, 3.8) is 0 Å². The van der Waals surface area contributed by atoms with E-state index in [1.807, 2.05) is 52.3 Å². The van der Waals surface area contributed by atoms with E-state index < -0.39 is 0 Å². The van der Waals surface area contributed by atoms with Gasteiger partial charge in [-0.05, 0) is 60.7 Å². The average molecular weight is 628 g/mol. The molecule has 4 heterocycles. The minimum Gasteiger partial charge on any atom is -0.455 e. The summed E-state index contributed by atoms with van der Waals surface area (Å²) in [6.07, 6.45) is 1.95. The molecular formula is C33H24ClF2N5O2S. The molecule has 3 aromatic carbocycles. The van der Waals surface area contributed by atoms with Crippen LogP contribution < -0.4 is 9.62 Å². The lowest BCUT2D eigenvalue weighted by molar-refractivity contribution is 0.0964. The molecule has 0 bridgehead atoms. The standard InChI is InChI=1S/C33H24ClF2N5O2S/c1-37-33(42)30-21-13-20(26(40(2)44-3)15-28(21)43-32(30)17-7-9-18(35)10-8-17)23-11-12-24-31(39-23)27-14-19-22(36)5-4-6-25(19)41(27)29(16-34)38-24/h4-15H,16H2,1-3H3,(H,37,42). The van der Waals surface area contributed by atoms with Crippen LogP contribution in [0.4, 0.5) is 14.5 Å². The second-order valence-electron chi connectivity index (χ2n) is 10.2. The summed E-state index contributed by atoms with van der Waals surface area (Å²) in [7, 11) is 3.48. The molecule has 0 spiro atoms. The summed E-state index contributed by atoms with van der Waals surface area (Å²) >= 11 is 7.80. The first-order chi connectivity index (χ1) is 21.3. The van der Waals surface area contributed by atoms with E-state index in [2.05, 4.69) is 5.32 Å². The van der Waals surface area contributed by atoms with Crippen molar-refractivity contribution < 1.29 is 18.0 Å². The van der Waals surface area contributed by atoms with Gasteiger partial charge >= 0.3 is 0 Å². The van der Waals surface area contributed by atoms with E-state index in [-0.39, 0.29) is 23.4 Å². The Morgan fingerprint density at radius 2 is 1.82 bits per heavy atom. The number of anilines is 1. The van der Waals surface area contributed by atoms with Crippen LogP contribution in [0.2, 0.25) is 0 Å². The zero-order valence-electron chi connectivity index (χ0n) is 23.8. The summed E-state index contributed by atoms with van der Waals surface area (Å²) in [4.78, 5) is 23.1. The normalized spacial score (nSPS) is 11.7. The summed E-state index contributed by atoms with van der Waals surface area (Å²) in [6.45, 7) is 0. The van der Waals surface area contributed by atoms with Crippen LogP contribution in [0.3, 0.4) is 0 Å². The van der Waals surface area contributed by atoms with Crippen LogP contribution in [-0.2, 0) is 5.88 Å². The number of hydrogen-bond donors (Lipinski definition) is 1. The second kappa shape index (κ2) is 10.8. The average Bonchev–Trinajstić information content (AvgIpc) is 3.63. The van der Waals surface area contributed by atoms with Crippen molar-refractivity contribution in [2.45, 2.75) is 5.88 Å². The predicted octanol–water partition coefficient (Wildman–Crippen LogP) is 8.21. The van der Waals surface area contributed by atoms with Crippen molar-refractivity contribution in [1.82, 2.24) is 19.7 Å². The molecule has 0 saturated heterocycles. The number of rotatable bonds is 6. The van der Waals surface area contributed by atoms with Crippen LogP contribution in [0.15, 0.2) is 77.2 Å². The first kappa shape index (κ1) is 28.1. The number of fused-ring (bicyclic) bond motifs is 6. The maximum atomic E-state index is 14.9. The molecule has 0 aliphatic heterocycles. The lowest BCUT2D eigenvalue weighted by Gasteiger charge is -2.19. The molecule has 4 aromatic heterocycles. The summed E-state index contributed by atoms with van der Waals surface area (Å²) in [6, 6.07) is 20.0. The molecule has 7 rings (SSSR count). The SMILES string of the molecule is CNC(=O)c1c(-c2ccc(F)cc2)oc2cc(N(C)SC)c(-c3ccc4nc(CCl)n5c6cccc(F)c6cc5c4n3)cc12. The highest BCUT2D eigenvalue weighted by molar-refractivity contribution is 7.99. The number of nitrogens with one attached hydrogen (secondary N) is 1. The number of alkyl halides is 1. The van der Waals surface area contributed by atoms with Gasteiger partial charge in [-0.2, -0.15) is 0 Å². The quantitative estimate of drug-likeness (QED) is 0.148. The highest BCUT2D eigenvalue weighted by Gasteiger charge is 2.25. The van der Waals surface area contributed by atoms with E-state index in [1.54, 1.807) is 31.3 Å². The Morgan fingerprint density at radius 3 is 2.55 bits per heavy atom. The zero-order valence-corrected chi connectivity index (χ0v) is 25.4. The molecule has 11 heteroatoms. The fourth-order valence-corrected chi connectivity index (χ4v) is 6.18.